The molecule has 0 aliphatic heterocycles. The van der Waals surface area contributed by atoms with E-state index in [-0.39, 0.29) is 0 Å². The van der Waals surface area contributed by atoms with Crippen molar-refractivity contribution in [3.63, 3.8) is 0 Å². The van der Waals surface area contributed by atoms with Crippen molar-refractivity contribution in [3.05, 3.63) is 11.7 Å². The van der Waals surface area contributed by atoms with Crippen LogP contribution in [-0.2, 0) is 12.2 Å². The van der Waals surface area contributed by atoms with Gasteiger partial charge in [-0.15, -0.1) is 0 Å². The van der Waals surface area contributed by atoms with Crippen LogP contribution < -0.4 is 5.32 Å². The van der Waals surface area contributed by atoms with Crippen molar-refractivity contribution in [3.8, 4) is 0 Å². The van der Waals surface area contributed by atoms with Crippen LogP contribution in [0, 0.1) is 0 Å². The maximum atomic E-state index is 5.18. The predicted molar refractivity (Wildman–Crippen MR) is 63.0 cm³/mol. The summed E-state index contributed by atoms with van der Waals surface area (Å²) in [6.07, 6.45) is 3.93. The van der Waals surface area contributed by atoms with Gasteiger partial charge in [0.2, 0.25) is 5.89 Å². The Morgan fingerprint density at radius 3 is 2.87 bits per heavy atom. The van der Waals surface area contributed by atoms with Crippen LogP contribution in [-0.4, -0.2) is 29.0 Å². The molecule has 15 heavy (non-hydrogen) atoms. The zero-order valence-corrected chi connectivity index (χ0v) is 10.4. The Balaban J connectivity index is 2.47. The van der Waals surface area contributed by atoms with Crippen molar-refractivity contribution in [2.24, 2.45) is 0 Å². The van der Waals surface area contributed by atoms with Crippen molar-refractivity contribution in [1.82, 2.24) is 15.5 Å². The molecule has 0 aliphatic carbocycles. The number of rotatable bonds is 7. The highest BCUT2D eigenvalue weighted by Gasteiger charge is 2.11. The third kappa shape index (κ3) is 4.22. The Kier molecular flexibility index (Phi) is 5.71. The summed E-state index contributed by atoms with van der Waals surface area (Å²) >= 11 is 1.70. The molecule has 1 unspecified atom stereocenters. The number of nitrogens with one attached hydrogen (secondary N) is 1. The van der Waals surface area contributed by atoms with Crippen molar-refractivity contribution in [2.75, 3.05) is 12.8 Å². The minimum absolute atomic E-state index is 0.442. The smallest absolute Gasteiger partial charge is 0.228 e. The van der Waals surface area contributed by atoms with Crippen molar-refractivity contribution in [2.45, 2.75) is 38.5 Å². The lowest BCUT2D eigenvalue weighted by atomic mass is 10.1. The minimum atomic E-state index is 0.442. The molecule has 0 saturated carbocycles. The molecular weight excluding hydrogens is 210 g/mol. The number of likely N-dealkylation sites (N-methyl/N-ethyl adjacent to an activating group) is 1. The van der Waals surface area contributed by atoms with Crippen molar-refractivity contribution < 1.29 is 4.52 Å². The SMILES string of the molecule is CCNC(CC)Cc1nc(CSC)no1. The van der Waals surface area contributed by atoms with Gasteiger partial charge in [0.1, 0.15) is 0 Å². The third-order valence-corrected chi connectivity index (χ3v) is 2.74. The van der Waals surface area contributed by atoms with Gasteiger partial charge in [0.15, 0.2) is 5.82 Å². The number of hydrogen-bond donors (Lipinski definition) is 1. The van der Waals surface area contributed by atoms with Gasteiger partial charge in [-0.05, 0) is 19.2 Å². The van der Waals surface area contributed by atoms with Crippen molar-refractivity contribution >= 4 is 11.8 Å². The van der Waals surface area contributed by atoms with Crippen LogP contribution in [0.2, 0.25) is 0 Å². The Hall–Kier alpha value is -0.550. The second-order valence-electron chi connectivity index (χ2n) is 3.40. The summed E-state index contributed by atoms with van der Waals surface area (Å²) in [7, 11) is 0. The first-order valence-electron chi connectivity index (χ1n) is 5.33. The van der Waals surface area contributed by atoms with E-state index in [9.17, 15) is 0 Å². The average molecular weight is 229 g/mol. The molecule has 1 rings (SSSR count). The molecule has 1 atom stereocenters. The van der Waals surface area contributed by atoms with Crippen LogP contribution in [0.4, 0.5) is 0 Å². The molecule has 0 amide bonds. The maximum Gasteiger partial charge on any atom is 0.228 e. The van der Waals surface area contributed by atoms with Crippen LogP contribution in [0.5, 0.6) is 0 Å². The van der Waals surface area contributed by atoms with Crippen LogP contribution in [0.1, 0.15) is 32.0 Å². The van der Waals surface area contributed by atoms with Gasteiger partial charge in [-0.1, -0.05) is 19.0 Å². The number of hydrogen-bond acceptors (Lipinski definition) is 5. The number of aromatic nitrogens is 2. The highest BCUT2D eigenvalue weighted by atomic mass is 32.2. The highest BCUT2D eigenvalue weighted by Crippen LogP contribution is 2.08. The molecule has 1 N–H and O–H groups in total. The van der Waals surface area contributed by atoms with Gasteiger partial charge in [-0.3, -0.25) is 0 Å². The molecular formula is C10H19N3OS. The topological polar surface area (TPSA) is 51.0 Å². The zero-order chi connectivity index (χ0) is 11.1. The fourth-order valence-electron chi connectivity index (χ4n) is 1.42. The number of nitrogens with zero attached hydrogens (tertiary/aromatic N) is 2. The molecule has 0 saturated heterocycles. The largest absolute Gasteiger partial charge is 0.339 e. The summed E-state index contributed by atoms with van der Waals surface area (Å²) in [5, 5.41) is 7.31. The molecule has 0 aromatic carbocycles. The molecule has 1 aromatic rings. The lowest BCUT2D eigenvalue weighted by molar-refractivity contribution is 0.352. The summed E-state index contributed by atoms with van der Waals surface area (Å²) in [5.74, 6) is 2.36. The molecule has 0 aliphatic rings. The van der Waals surface area contributed by atoms with Crippen LogP contribution in [0.15, 0.2) is 4.52 Å². The van der Waals surface area contributed by atoms with Crippen LogP contribution in [0.3, 0.4) is 0 Å². The standard InChI is InChI=1S/C10H19N3OS/c1-4-8(11-5-2)6-10-12-9(7-15-3)13-14-10/h8,11H,4-7H2,1-3H3. The summed E-state index contributed by atoms with van der Waals surface area (Å²) in [6.45, 7) is 5.24. The van der Waals surface area contributed by atoms with Gasteiger partial charge in [0.05, 0.1) is 5.75 Å². The quantitative estimate of drug-likeness (QED) is 0.773. The van der Waals surface area contributed by atoms with E-state index in [0.717, 1.165) is 36.9 Å². The molecule has 0 spiro atoms. The lowest BCUT2D eigenvalue weighted by Crippen LogP contribution is -2.30. The molecule has 1 aromatic heterocycles. The van der Waals surface area contributed by atoms with E-state index in [1.807, 2.05) is 6.26 Å². The normalized spacial score (nSPS) is 13.0. The summed E-state index contributed by atoms with van der Waals surface area (Å²) < 4.78 is 5.18. The van der Waals surface area contributed by atoms with Crippen LogP contribution in [0.25, 0.3) is 0 Å². The molecule has 0 fully saturated rings. The highest BCUT2D eigenvalue weighted by molar-refractivity contribution is 7.97. The third-order valence-electron chi connectivity index (χ3n) is 2.19. The van der Waals surface area contributed by atoms with Gasteiger partial charge in [-0.2, -0.15) is 16.7 Å². The van der Waals surface area contributed by atoms with Gasteiger partial charge < -0.3 is 9.84 Å². The fraction of sp³-hybridized carbons (Fsp3) is 0.800. The summed E-state index contributed by atoms with van der Waals surface area (Å²) in [6, 6.07) is 0.442. The Morgan fingerprint density at radius 2 is 2.27 bits per heavy atom. The Morgan fingerprint density at radius 1 is 1.47 bits per heavy atom. The van der Waals surface area contributed by atoms with Crippen molar-refractivity contribution in [1.29, 1.82) is 0 Å². The van der Waals surface area contributed by atoms with E-state index in [0.29, 0.717) is 6.04 Å². The first-order valence-corrected chi connectivity index (χ1v) is 6.73. The van der Waals surface area contributed by atoms with E-state index >= 15 is 0 Å². The average Bonchev–Trinajstić information content (AvgIpc) is 2.66. The zero-order valence-electron chi connectivity index (χ0n) is 9.62. The Bertz CT molecular complexity index is 277. The molecule has 5 heteroatoms. The number of thioether (sulfide) groups is 1. The molecule has 0 radical (unpaired) electrons. The predicted octanol–water partition coefficient (Wildman–Crippen LogP) is 1.86. The van der Waals surface area contributed by atoms with Gasteiger partial charge in [-0.25, -0.2) is 0 Å². The first-order chi connectivity index (χ1) is 7.30. The van der Waals surface area contributed by atoms with E-state index in [2.05, 4.69) is 29.3 Å². The van der Waals surface area contributed by atoms with E-state index < -0.39 is 0 Å². The van der Waals surface area contributed by atoms with Gasteiger partial charge in [0, 0.05) is 12.5 Å². The first kappa shape index (κ1) is 12.5. The van der Waals surface area contributed by atoms with E-state index in [1.165, 1.54) is 0 Å². The molecule has 0 bridgehead atoms. The van der Waals surface area contributed by atoms with E-state index in [4.69, 9.17) is 4.52 Å². The van der Waals surface area contributed by atoms with Crippen LogP contribution >= 0.6 is 11.8 Å². The summed E-state index contributed by atoms with van der Waals surface area (Å²) in [5.41, 5.74) is 0. The van der Waals surface area contributed by atoms with Gasteiger partial charge in [0.25, 0.3) is 0 Å². The molecule has 1 heterocycles. The van der Waals surface area contributed by atoms with E-state index in [1.54, 1.807) is 11.8 Å². The summed E-state index contributed by atoms with van der Waals surface area (Å²) in [4.78, 5) is 4.33. The maximum absolute atomic E-state index is 5.18. The Labute approximate surface area is 95.2 Å². The second kappa shape index (κ2) is 6.85. The monoisotopic (exact) mass is 229 g/mol. The molecule has 4 nitrogen and oxygen atoms in total. The fourth-order valence-corrected chi connectivity index (χ4v) is 1.80. The molecule has 86 valence electrons. The lowest BCUT2D eigenvalue weighted by Gasteiger charge is -2.12. The second-order valence-corrected chi connectivity index (χ2v) is 4.27. The minimum Gasteiger partial charge on any atom is -0.339 e. The van der Waals surface area contributed by atoms with Gasteiger partial charge >= 0.3 is 0 Å².